The lowest BCUT2D eigenvalue weighted by molar-refractivity contribution is 0.0597. The normalized spacial score (nSPS) is 12.0. The average molecular weight is 255 g/mol. The highest BCUT2D eigenvalue weighted by Gasteiger charge is 2.20. The van der Waals surface area contributed by atoms with Crippen molar-refractivity contribution < 1.29 is 24.5 Å². The monoisotopic (exact) mass is 255 g/mol. The maximum Gasteiger partial charge on any atom is 0.341 e. The van der Waals surface area contributed by atoms with E-state index in [2.05, 4.69) is 10.1 Å². The van der Waals surface area contributed by atoms with Crippen molar-refractivity contribution in [1.82, 2.24) is 5.32 Å². The average Bonchev–Trinajstić information content (AvgIpc) is 2.37. The van der Waals surface area contributed by atoms with Gasteiger partial charge < -0.3 is 25.0 Å². The Balaban J connectivity index is 3.25. The van der Waals surface area contributed by atoms with Gasteiger partial charge in [0.25, 0.3) is 0 Å². The lowest BCUT2D eigenvalue weighted by Gasteiger charge is -2.16. The van der Waals surface area contributed by atoms with Gasteiger partial charge in [0.2, 0.25) is 0 Å². The predicted molar refractivity (Wildman–Crippen MR) is 64.9 cm³/mol. The zero-order chi connectivity index (χ0) is 13.7. The molecule has 3 N–H and O–H groups in total. The van der Waals surface area contributed by atoms with Crippen molar-refractivity contribution in [2.45, 2.75) is 6.10 Å². The van der Waals surface area contributed by atoms with Gasteiger partial charge in [0.15, 0.2) is 0 Å². The molecule has 0 saturated carbocycles. The minimum absolute atomic E-state index is 0.0107. The van der Waals surface area contributed by atoms with Gasteiger partial charge in [0, 0.05) is 18.2 Å². The molecule has 0 spiro atoms. The van der Waals surface area contributed by atoms with Crippen LogP contribution in [0.1, 0.15) is 22.0 Å². The second-order valence-corrected chi connectivity index (χ2v) is 3.68. The molecule has 0 aliphatic heterocycles. The molecule has 18 heavy (non-hydrogen) atoms. The van der Waals surface area contributed by atoms with Gasteiger partial charge in [0.1, 0.15) is 17.1 Å². The van der Waals surface area contributed by atoms with E-state index in [0.717, 1.165) is 0 Å². The van der Waals surface area contributed by atoms with Gasteiger partial charge in [-0.3, -0.25) is 0 Å². The van der Waals surface area contributed by atoms with Crippen molar-refractivity contribution in [2.24, 2.45) is 0 Å². The van der Waals surface area contributed by atoms with Crippen molar-refractivity contribution in [3.05, 3.63) is 23.3 Å². The van der Waals surface area contributed by atoms with Crippen molar-refractivity contribution >= 4 is 5.97 Å². The van der Waals surface area contributed by atoms with Crippen LogP contribution in [0.5, 0.6) is 11.5 Å². The molecular weight excluding hydrogens is 238 g/mol. The first-order chi connectivity index (χ1) is 8.54. The summed E-state index contributed by atoms with van der Waals surface area (Å²) in [6, 6.07) is 2.64. The van der Waals surface area contributed by atoms with Gasteiger partial charge in [-0.15, -0.1) is 0 Å². The number of esters is 1. The summed E-state index contributed by atoms with van der Waals surface area (Å²) < 4.78 is 9.61. The molecular formula is C12H17NO5. The molecule has 100 valence electrons. The number of hydrogen-bond acceptors (Lipinski definition) is 6. The van der Waals surface area contributed by atoms with Gasteiger partial charge in [0.05, 0.1) is 20.3 Å². The Morgan fingerprint density at radius 1 is 1.44 bits per heavy atom. The van der Waals surface area contributed by atoms with E-state index in [4.69, 9.17) is 4.74 Å². The van der Waals surface area contributed by atoms with E-state index in [1.165, 1.54) is 26.4 Å². The highest BCUT2D eigenvalue weighted by atomic mass is 16.5. The molecule has 0 amide bonds. The Bertz CT molecular complexity index is 433. The number of carbonyl (C=O) groups is 1. The summed E-state index contributed by atoms with van der Waals surface area (Å²) in [7, 11) is 4.33. The highest BCUT2D eigenvalue weighted by Crippen LogP contribution is 2.32. The van der Waals surface area contributed by atoms with Crippen LogP contribution in [0, 0.1) is 0 Å². The number of likely N-dealkylation sites (N-methyl/N-ethyl adjacent to an activating group) is 1. The van der Waals surface area contributed by atoms with Gasteiger partial charge in [-0.25, -0.2) is 4.79 Å². The van der Waals surface area contributed by atoms with Crippen LogP contribution in [0.15, 0.2) is 12.1 Å². The number of hydrogen-bond donors (Lipinski definition) is 3. The number of rotatable bonds is 5. The first-order valence-corrected chi connectivity index (χ1v) is 5.37. The molecule has 1 rings (SSSR count). The molecule has 1 unspecified atom stereocenters. The van der Waals surface area contributed by atoms with Crippen LogP contribution in [0.2, 0.25) is 0 Å². The molecule has 6 heteroatoms. The molecule has 1 aromatic carbocycles. The number of aliphatic hydroxyl groups is 1. The number of phenolic OH excluding ortho intramolecular Hbond substituents is 1. The molecule has 0 aliphatic rings. The summed E-state index contributed by atoms with van der Waals surface area (Å²) >= 11 is 0. The van der Waals surface area contributed by atoms with E-state index < -0.39 is 12.1 Å². The summed E-state index contributed by atoms with van der Waals surface area (Å²) in [5.74, 6) is -0.616. The summed E-state index contributed by atoms with van der Waals surface area (Å²) in [5.41, 5.74) is 0.397. The zero-order valence-electron chi connectivity index (χ0n) is 10.6. The van der Waals surface area contributed by atoms with Crippen LogP contribution in [-0.4, -0.2) is 44.0 Å². The molecule has 0 fully saturated rings. The van der Waals surface area contributed by atoms with Crippen LogP contribution in [0.4, 0.5) is 0 Å². The first-order valence-electron chi connectivity index (χ1n) is 5.37. The summed E-state index contributed by atoms with van der Waals surface area (Å²) in [6.45, 7) is 0.293. The number of carbonyl (C=O) groups excluding carboxylic acids is 1. The number of aliphatic hydroxyl groups excluding tert-OH is 1. The van der Waals surface area contributed by atoms with Crippen LogP contribution >= 0.6 is 0 Å². The van der Waals surface area contributed by atoms with Crippen LogP contribution < -0.4 is 10.1 Å². The molecule has 0 radical (unpaired) electrons. The molecule has 0 aliphatic carbocycles. The van der Waals surface area contributed by atoms with Crippen molar-refractivity contribution in [1.29, 1.82) is 0 Å². The largest absolute Gasteiger partial charge is 0.507 e. The number of ether oxygens (including phenoxy) is 2. The van der Waals surface area contributed by atoms with E-state index in [-0.39, 0.29) is 11.3 Å². The molecule has 0 heterocycles. The van der Waals surface area contributed by atoms with Gasteiger partial charge in [-0.1, -0.05) is 0 Å². The molecule has 1 atom stereocenters. The van der Waals surface area contributed by atoms with E-state index in [1.807, 2.05) is 0 Å². The van der Waals surface area contributed by atoms with E-state index in [0.29, 0.717) is 17.9 Å². The topological polar surface area (TPSA) is 88.0 Å². The Labute approximate surface area is 105 Å². The van der Waals surface area contributed by atoms with E-state index in [1.54, 1.807) is 7.05 Å². The number of phenols is 1. The zero-order valence-corrected chi connectivity index (χ0v) is 10.6. The van der Waals surface area contributed by atoms with Gasteiger partial charge in [-0.05, 0) is 13.1 Å². The number of benzene rings is 1. The smallest absolute Gasteiger partial charge is 0.341 e. The third-order valence-corrected chi connectivity index (χ3v) is 2.51. The Morgan fingerprint density at radius 3 is 2.61 bits per heavy atom. The first kappa shape index (κ1) is 14.3. The third kappa shape index (κ3) is 2.91. The van der Waals surface area contributed by atoms with Crippen molar-refractivity contribution in [2.75, 3.05) is 27.8 Å². The van der Waals surface area contributed by atoms with E-state index in [9.17, 15) is 15.0 Å². The van der Waals surface area contributed by atoms with Gasteiger partial charge in [-0.2, -0.15) is 0 Å². The summed E-state index contributed by atoms with van der Waals surface area (Å²) in [4.78, 5) is 11.4. The Morgan fingerprint density at radius 2 is 2.11 bits per heavy atom. The highest BCUT2D eigenvalue weighted by molar-refractivity contribution is 5.93. The maximum atomic E-state index is 11.4. The SMILES string of the molecule is CNCC(O)c1cc(C(=O)OC)c(O)cc1OC. The van der Waals surface area contributed by atoms with Crippen LogP contribution in [0.25, 0.3) is 0 Å². The Hall–Kier alpha value is -1.79. The lowest BCUT2D eigenvalue weighted by Crippen LogP contribution is -2.18. The van der Waals surface area contributed by atoms with Crippen LogP contribution in [-0.2, 0) is 4.74 Å². The minimum atomic E-state index is -0.853. The maximum absolute atomic E-state index is 11.4. The fourth-order valence-corrected chi connectivity index (χ4v) is 1.60. The summed E-state index contributed by atoms with van der Waals surface area (Å²) in [5, 5.41) is 22.4. The molecule has 6 nitrogen and oxygen atoms in total. The van der Waals surface area contributed by atoms with Crippen molar-refractivity contribution in [3.63, 3.8) is 0 Å². The lowest BCUT2D eigenvalue weighted by atomic mass is 10.0. The number of aromatic hydroxyl groups is 1. The fourth-order valence-electron chi connectivity index (χ4n) is 1.60. The standard InChI is InChI=1S/C12H17NO5/c1-13-6-10(15)7-4-8(12(16)18-3)9(14)5-11(7)17-2/h4-5,10,13-15H,6H2,1-3H3. The second-order valence-electron chi connectivity index (χ2n) is 3.68. The third-order valence-electron chi connectivity index (χ3n) is 2.51. The van der Waals surface area contributed by atoms with Crippen LogP contribution in [0.3, 0.4) is 0 Å². The molecule has 1 aromatic rings. The predicted octanol–water partition coefficient (Wildman–Crippen LogP) is 0.440. The molecule has 0 saturated heterocycles. The fraction of sp³-hybridized carbons (Fsp3) is 0.417. The van der Waals surface area contributed by atoms with Gasteiger partial charge >= 0.3 is 5.97 Å². The summed E-state index contributed by atoms with van der Waals surface area (Å²) in [6.07, 6.45) is -0.853. The molecule has 0 bridgehead atoms. The second kappa shape index (κ2) is 6.23. The minimum Gasteiger partial charge on any atom is -0.507 e. The molecule has 0 aromatic heterocycles. The Kier molecular flexibility index (Phi) is 4.94. The number of nitrogens with one attached hydrogen (secondary N) is 1. The number of methoxy groups -OCH3 is 2. The van der Waals surface area contributed by atoms with Crippen molar-refractivity contribution in [3.8, 4) is 11.5 Å². The quantitative estimate of drug-likeness (QED) is 0.662. The van der Waals surface area contributed by atoms with E-state index >= 15 is 0 Å².